The number of hydrogen-bond donors (Lipinski definition) is 2. The number of methoxy groups -OCH3 is 1. The molecule has 0 saturated carbocycles. The predicted octanol–water partition coefficient (Wildman–Crippen LogP) is 1.65. The van der Waals surface area contributed by atoms with Crippen LogP contribution in [-0.4, -0.2) is 49.9 Å². The maximum absolute atomic E-state index is 13.3. The van der Waals surface area contributed by atoms with Gasteiger partial charge < -0.3 is 15.2 Å². The smallest absolute Gasteiger partial charge is 0.416 e. The molecule has 118 valence electrons. The SMILES string of the molecule is COc1ccc([C@H](CO)N2CCNCC2)c(C(F)(F)F)c1. The Morgan fingerprint density at radius 1 is 1.33 bits per heavy atom. The molecule has 1 heterocycles. The Labute approximate surface area is 121 Å². The minimum Gasteiger partial charge on any atom is -0.497 e. The Hall–Kier alpha value is -1.31. The first-order chi connectivity index (χ1) is 9.97. The Morgan fingerprint density at radius 3 is 2.52 bits per heavy atom. The van der Waals surface area contributed by atoms with Crippen LogP contribution < -0.4 is 10.1 Å². The molecule has 1 aliphatic heterocycles. The summed E-state index contributed by atoms with van der Waals surface area (Å²) >= 11 is 0. The topological polar surface area (TPSA) is 44.7 Å². The molecule has 1 saturated heterocycles. The Balaban J connectivity index is 2.39. The van der Waals surface area contributed by atoms with Crippen molar-refractivity contribution in [1.82, 2.24) is 10.2 Å². The van der Waals surface area contributed by atoms with Crippen LogP contribution in [0.4, 0.5) is 13.2 Å². The van der Waals surface area contributed by atoms with Gasteiger partial charge in [-0.25, -0.2) is 0 Å². The molecule has 0 amide bonds. The summed E-state index contributed by atoms with van der Waals surface area (Å²) in [6, 6.07) is 3.22. The number of piperazine rings is 1. The van der Waals surface area contributed by atoms with Crippen LogP contribution >= 0.6 is 0 Å². The van der Waals surface area contributed by atoms with E-state index < -0.39 is 17.8 Å². The molecule has 2 rings (SSSR count). The molecule has 0 unspecified atom stereocenters. The fourth-order valence-electron chi connectivity index (χ4n) is 2.60. The lowest BCUT2D eigenvalue weighted by Gasteiger charge is -2.35. The summed E-state index contributed by atoms with van der Waals surface area (Å²) in [4.78, 5) is 1.87. The predicted molar refractivity (Wildman–Crippen MR) is 72.3 cm³/mol. The number of ether oxygens (including phenoxy) is 1. The van der Waals surface area contributed by atoms with E-state index in [0.29, 0.717) is 26.2 Å². The molecule has 0 aromatic heterocycles. The zero-order valence-corrected chi connectivity index (χ0v) is 11.8. The summed E-state index contributed by atoms with van der Waals surface area (Å²) in [7, 11) is 1.33. The second kappa shape index (κ2) is 6.64. The van der Waals surface area contributed by atoms with Gasteiger partial charge in [-0.3, -0.25) is 4.90 Å². The lowest BCUT2D eigenvalue weighted by molar-refractivity contribution is -0.139. The van der Waals surface area contributed by atoms with E-state index in [2.05, 4.69) is 5.32 Å². The number of aliphatic hydroxyl groups is 1. The summed E-state index contributed by atoms with van der Waals surface area (Å²) in [5.74, 6) is 0.156. The highest BCUT2D eigenvalue weighted by Gasteiger charge is 2.37. The molecule has 4 nitrogen and oxygen atoms in total. The second-order valence-corrected chi connectivity index (χ2v) is 4.94. The fraction of sp³-hybridized carbons (Fsp3) is 0.571. The number of aliphatic hydroxyl groups excluding tert-OH is 1. The summed E-state index contributed by atoms with van der Waals surface area (Å²) in [6.45, 7) is 2.26. The first-order valence-electron chi connectivity index (χ1n) is 6.78. The summed E-state index contributed by atoms with van der Waals surface area (Å²) < 4.78 is 44.7. The number of nitrogens with zero attached hydrogens (tertiary/aromatic N) is 1. The van der Waals surface area contributed by atoms with Crippen molar-refractivity contribution in [2.24, 2.45) is 0 Å². The van der Waals surface area contributed by atoms with Gasteiger partial charge in [0.2, 0.25) is 0 Å². The molecule has 0 bridgehead atoms. The Bertz CT molecular complexity index is 474. The van der Waals surface area contributed by atoms with Crippen LogP contribution in [0.3, 0.4) is 0 Å². The number of nitrogens with one attached hydrogen (secondary N) is 1. The zero-order chi connectivity index (χ0) is 15.5. The van der Waals surface area contributed by atoms with E-state index in [-0.39, 0.29) is 17.9 Å². The number of benzene rings is 1. The van der Waals surface area contributed by atoms with Crippen LogP contribution in [0.1, 0.15) is 17.2 Å². The molecule has 0 aliphatic carbocycles. The average Bonchev–Trinajstić information content (AvgIpc) is 2.48. The lowest BCUT2D eigenvalue weighted by Crippen LogP contribution is -2.46. The lowest BCUT2D eigenvalue weighted by atomic mass is 9.98. The molecule has 7 heteroatoms. The van der Waals surface area contributed by atoms with Crippen LogP contribution in [0, 0.1) is 0 Å². The number of alkyl halides is 3. The molecule has 21 heavy (non-hydrogen) atoms. The van der Waals surface area contributed by atoms with Gasteiger partial charge in [-0.05, 0) is 17.7 Å². The average molecular weight is 304 g/mol. The van der Waals surface area contributed by atoms with Crippen LogP contribution in [0.25, 0.3) is 0 Å². The summed E-state index contributed by atoms with van der Waals surface area (Å²) in [5.41, 5.74) is -0.660. The van der Waals surface area contributed by atoms with Crippen molar-refractivity contribution in [1.29, 1.82) is 0 Å². The third-order valence-corrected chi connectivity index (χ3v) is 3.69. The van der Waals surface area contributed by atoms with Gasteiger partial charge >= 0.3 is 6.18 Å². The highest BCUT2D eigenvalue weighted by Crippen LogP contribution is 2.38. The number of hydrogen-bond acceptors (Lipinski definition) is 4. The van der Waals surface area contributed by atoms with Crippen LogP contribution in [0.15, 0.2) is 18.2 Å². The van der Waals surface area contributed by atoms with E-state index in [9.17, 15) is 18.3 Å². The molecule has 1 aromatic rings. The van der Waals surface area contributed by atoms with E-state index in [0.717, 1.165) is 6.07 Å². The normalized spacial score (nSPS) is 18.5. The van der Waals surface area contributed by atoms with Crippen LogP contribution in [-0.2, 0) is 6.18 Å². The molecule has 1 aliphatic rings. The van der Waals surface area contributed by atoms with Crippen molar-refractivity contribution in [2.75, 3.05) is 39.9 Å². The third kappa shape index (κ3) is 3.66. The molecular weight excluding hydrogens is 285 g/mol. The molecule has 1 fully saturated rings. The summed E-state index contributed by atoms with van der Waals surface area (Å²) in [5, 5.41) is 12.7. The van der Waals surface area contributed by atoms with Gasteiger partial charge in [0, 0.05) is 26.2 Å². The minimum absolute atomic E-state index is 0.0905. The van der Waals surface area contributed by atoms with Gasteiger partial charge in [0.1, 0.15) is 5.75 Å². The van der Waals surface area contributed by atoms with Crippen molar-refractivity contribution < 1.29 is 23.0 Å². The molecular formula is C14H19F3N2O2. The van der Waals surface area contributed by atoms with Crippen molar-refractivity contribution in [3.8, 4) is 5.75 Å². The van der Waals surface area contributed by atoms with Gasteiger partial charge in [0.15, 0.2) is 0 Å². The quantitative estimate of drug-likeness (QED) is 0.888. The van der Waals surface area contributed by atoms with Crippen molar-refractivity contribution in [3.63, 3.8) is 0 Å². The van der Waals surface area contributed by atoms with Gasteiger partial charge in [0.05, 0.1) is 25.3 Å². The number of halogens is 3. The maximum atomic E-state index is 13.3. The molecule has 2 N–H and O–H groups in total. The van der Waals surface area contributed by atoms with E-state index in [4.69, 9.17) is 4.74 Å². The van der Waals surface area contributed by atoms with E-state index in [1.54, 1.807) is 0 Å². The first kappa shape index (κ1) is 16.1. The van der Waals surface area contributed by atoms with Crippen LogP contribution in [0.5, 0.6) is 5.75 Å². The van der Waals surface area contributed by atoms with Crippen LogP contribution in [0.2, 0.25) is 0 Å². The standard InChI is InChI=1S/C14H19F3N2O2/c1-21-10-2-3-11(12(8-10)14(15,16)17)13(9-20)19-6-4-18-5-7-19/h2-3,8,13,18,20H,4-7,9H2,1H3/t13-/m0/s1. The number of rotatable bonds is 4. The van der Waals surface area contributed by atoms with E-state index >= 15 is 0 Å². The fourth-order valence-corrected chi connectivity index (χ4v) is 2.60. The van der Waals surface area contributed by atoms with Gasteiger partial charge in [0.25, 0.3) is 0 Å². The largest absolute Gasteiger partial charge is 0.497 e. The Morgan fingerprint density at radius 2 is 2.00 bits per heavy atom. The van der Waals surface area contributed by atoms with E-state index in [1.807, 2.05) is 4.90 Å². The zero-order valence-electron chi connectivity index (χ0n) is 11.8. The summed E-state index contributed by atoms with van der Waals surface area (Å²) in [6.07, 6.45) is -4.48. The monoisotopic (exact) mass is 304 g/mol. The second-order valence-electron chi connectivity index (χ2n) is 4.94. The van der Waals surface area contributed by atoms with Crippen molar-refractivity contribution in [3.05, 3.63) is 29.3 Å². The van der Waals surface area contributed by atoms with Gasteiger partial charge in [-0.2, -0.15) is 13.2 Å². The molecule has 1 atom stereocenters. The molecule has 0 spiro atoms. The third-order valence-electron chi connectivity index (χ3n) is 3.69. The van der Waals surface area contributed by atoms with Crippen molar-refractivity contribution in [2.45, 2.75) is 12.2 Å². The Kier molecular flexibility index (Phi) is 5.08. The van der Waals surface area contributed by atoms with Gasteiger partial charge in [-0.15, -0.1) is 0 Å². The molecule has 0 radical (unpaired) electrons. The maximum Gasteiger partial charge on any atom is 0.416 e. The van der Waals surface area contributed by atoms with Crippen molar-refractivity contribution >= 4 is 0 Å². The molecule has 1 aromatic carbocycles. The highest BCUT2D eigenvalue weighted by molar-refractivity contribution is 5.39. The van der Waals surface area contributed by atoms with E-state index in [1.165, 1.54) is 19.2 Å². The highest BCUT2D eigenvalue weighted by atomic mass is 19.4. The minimum atomic E-state index is -4.48. The first-order valence-corrected chi connectivity index (χ1v) is 6.78. The van der Waals surface area contributed by atoms with Gasteiger partial charge in [-0.1, -0.05) is 6.07 Å².